The highest BCUT2D eigenvalue weighted by molar-refractivity contribution is 6.32. The van der Waals surface area contributed by atoms with Crippen LogP contribution in [0, 0.1) is 0 Å². The zero-order chi connectivity index (χ0) is 14.5. The van der Waals surface area contributed by atoms with Crippen molar-refractivity contribution in [3.8, 4) is 5.75 Å². The quantitative estimate of drug-likeness (QED) is 0.803. The van der Waals surface area contributed by atoms with E-state index in [1.807, 2.05) is 0 Å². The zero-order valence-corrected chi connectivity index (χ0v) is 12.1. The lowest BCUT2D eigenvalue weighted by Gasteiger charge is -2.26. The molecule has 0 unspecified atom stereocenters. The van der Waals surface area contributed by atoms with Gasteiger partial charge in [0.15, 0.2) is 5.75 Å². The first-order chi connectivity index (χ1) is 9.60. The van der Waals surface area contributed by atoms with E-state index in [0.29, 0.717) is 16.5 Å². The molecule has 1 fully saturated rings. The molecule has 0 spiro atoms. The number of carbonyl (C=O) groups is 1. The highest BCUT2D eigenvalue weighted by Gasteiger charge is 2.21. The lowest BCUT2D eigenvalue weighted by Crippen LogP contribution is -2.40. The molecule has 1 saturated carbocycles. The van der Waals surface area contributed by atoms with Crippen molar-refractivity contribution in [2.45, 2.75) is 37.8 Å². The van der Waals surface area contributed by atoms with Crippen molar-refractivity contribution in [3.05, 3.63) is 23.2 Å². The van der Waals surface area contributed by atoms with Crippen LogP contribution >= 0.6 is 11.6 Å². The van der Waals surface area contributed by atoms with Crippen LogP contribution in [0.5, 0.6) is 5.75 Å². The Labute approximate surface area is 123 Å². The van der Waals surface area contributed by atoms with Crippen LogP contribution in [-0.2, 0) is 0 Å². The summed E-state index contributed by atoms with van der Waals surface area (Å²) in [5.74, 6) is 0.448. The van der Waals surface area contributed by atoms with Crippen molar-refractivity contribution in [1.82, 2.24) is 5.32 Å². The summed E-state index contributed by atoms with van der Waals surface area (Å²) < 4.78 is 5.17. The molecule has 1 aromatic carbocycles. The fourth-order valence-electron chi connectivity index (χ4n) is 2.38. The van der Waals surface area contributed by atoms with Crippen molar-refractivity contribution in [2.75, 3.05) is 12.4 Å². The van der Waals surface area contributed by atoms with E-state index in [-0.39, 0.29) is 18.2 Å². The van der Waals surface area contributed by atoms with Gasteiger partial charge in [-0.05, 0) is 37.8 Å². The van der Waals surface area contributed by atoms with Gasteiger partial charge in [0.05, 0.1) is 23.9 Å². The van der Waals surface area contributed by atoms with Crippen LogP contribution in [0.1, 0.15) is 25.7 Å². The van der Waals surface area contributed by atoms with Gasteiger partial charge in [0.2, 0.25) is 0 Å². The van der Waals surface area contributed by atoms with Crippen molar-refractivity contribution in [3.63, 3.8) is 0 Å². The molecule has 0 radical (unpaired) electrons. The van der Waals surface area contributed by atoms with E-state index in [1.54, 1.807) is 18.2 Å². The van der Waals surface area contributed by atoms with Gasteiger partial charge in [-0.2, -0.15) is 0 Å². The van der Waals surface area contributed by atoms with E-state index < -0.39 is 0 Å². The second-order valence-corrected chi connectivity index (χ2v) is 5.33. The number of rotatable bonds is 3. The van der Waals surface area contributed by atoms with Crippen LogP contribution in [0.3, 0.4) is 0 Å². The maximum atomic E-state index is 12.0. The third-order valence-electron chi connectivity index (χ3n) is 3.45. The smallest absolute Gasteiger partial charge is 0.319 e. The molecule has 1 aliphatic carbocycles. The number of anilines is 1. The van der Waals surface area contributed by atoms with E-state index >= 15 is 0 Å². The van der Waals surface area contributed by atoms with Gasteiger partial charge >= 0.3 is 6.03 Å². The normalized spacial score (nSPS) is 22.1. The number of para-hydroxylation sites is 1. The van der Waals surface area contributed by atoms with Gasteiger partial charge in [0.25, 0.3) is 0 Å². The first-order valence-corrected chi connectivity index (χ1v) is 7.06. The SMILES string of the molecule is COc1c(Cl)cccc1NC(=O)NC1CCC(O)CC1. The van der Waals surface area contributed by atoms with Gasteiger partial charge in [-0.3, -0.25) is 0 Å². The fraction of sp³-hybridized carbons (Fsp3) is 0.500. The van der Waals surface area contributed by atoms with E-state index in [4.69, 9.17) is 16.3 Å². The molecule has 0 aliphatic heterocycles. The first kappa shape index (κ1) is 14.9. The van der Waals surface area contributed by atoms with Crippen LogP contribution in [-0.4, -0.2) is 30.4 Å². The number of hydrogen-bond donors (Lipinski definition) is 3. The Balaban J connectivity index is 1.93. The molecular weight excluding hydrogens is 280 g/mol. The van der Waals surface area contributed by atoms with Crippen LogP contribution in [0.25, 0.3) is 0 Å². The average Bonchev–Trinajstić information content (AvgIpc) is 2.42. The van der Waals surface area contributed by atoms with Crippen LogP contribution < -0.4 is 15.4 Å². The number of urea groups is 1. The Morgan fingerprint density at radius 3 is 2.70 bits per heavy atom. The van der Waals surface area contributed by atoms with E-state index in [0.717, 1.165) is 25.7 Å². The predicted molar refractivity (Wildman–Crippen MR) is 78.4 cm³/mol. The number of amides is 2. The summed E-state index contributed by atoms with van der Waals surface area (Å²) in [7, 11) is 1.51. The van der Waals surface area contributed by atoms with Gasteiger partial charge in [-0.25, -0.2) is 4.79 Å². The van der Waals surface area contributed by atoms with E-state index in [2.05, 4.69) is 10.6 Å². The standard InChI is InChI=1S/C14H19ClN2O3/c1-20-13-11(15)3-2-4-12(13)17-14(19)16-9-5-7-10(18)8-6-9/h2-4,9-10,18H,5-8H2,1H3,(H2,16,17,19). The lowest BCUT2D eigenvalue weighted by atomic mass is 9.93. The van der Waals surface area contributed by atoms with Gasteiger partial charge in [0.1, 0.15) is 0 Å². The number of aliphatic hydroxyl groups is 1. The molecule has 0 atom stereocenters. The maximum absolute atomic E-state index is 12.0. The van der Waals surface area contributed by atoms with E-state index in [9.17, 15) is 9.90 Å². The van der Waals surface area contributed by atoms with Gasteiger partial charge in [-0.15, -0.1) is 0 Å². The van der Waals surface area contributed by atoms with Gasteiger partial charge in [0, 0.05) is 6.04 Å². The number of aliphatic hydroxyl groups excluding tert-OH is 1. The number of nitrogens with one attached hydrogen (secondary N) is 2. The predicted octanol–water partition coefficient (Wildman–Crippen LogP) is 2.77. The first-order valence-electron chi connectivity index (χ1n) is 6.68. The zero-order valence-electron chi connectivity index (χ0n) is 11.4. The highest BCUT2D eigenvalue weighted by Crippen LogP contribution is 2.32. The Hall–Kier alpha value is -1.46. The van der Waals surface area contributed by atoms with Crippen molar-refractivity contribution >= 4 is 23.3 Å². The van der Waals surface area contributed by atoms with E-state index in [1.165, 1.54) is 7.11 Å². The minimum absolute atomic E-state index is 0.101. The minimum Gasteiger partial charge on any atom is -0.493 e. The molecule has 6 heteroatoms. The summed E-state index contributed by atoms with van der Waals surface area (Å²) in [6.45, 7) is 0. The second kappa shape index (κ2) is 6.81. The number of methoxy groups -OCH3 is 1. The average molecular weight is 299 g/mol. The number of ether oxygens (including phenoxy) is 1. The van der Waals surface area contributed by atoms with Crippen LogP contribution in [0.4, 0.5) is 10.5 Å². The molecule has 1 aromatic rings. The number of benzene rings is 1. The van der Waals surface area contributed by atoms with Crippen LogP contribution in [0.2, 0.25) is 5.02 Å². The summed E-state index contributed by atoms with van der Waals surface area (Å²) in [4.78, 5) is 12.0. The summed E-state index contributed by atoms with van der Waals surface area (Å²) in [6.07, 6.45) is 2.81. The van der Waals surface area contributed by atoms with Crippen molar-refractivity contribution in [1.29, 1.82) is 0 Å². The van der Waals surface area contributed by atoms with Gasteiger partial charge in [-0.1, -0.05) is 17.7 Å². The third kappa shape index (κ3) is 3.77. The molecule has 5 nitrogen and oxygen atoms in total. The second-order valence-electron chi connectivity index (χ2n) is 4.92. The van der Waals surface area contributed by atoms with Crippen LogP contribution in [0.15, 0.2) is 18.2 Å². The molecule has 20 heavy (non-hydrogen) atoms. The van der Waals surface area contributed by atoms with Crippen molar-refractivity contribution < 1.29 is 14.6 Å². The summed E-state index contributed by atoms with van der Waals surface area (Å²) in [6, 6.07) is 4.99. The molecule has 2 rings (SSSR count). The Morgan fingerprint density at radius 2 is 2.05 bits per heavy atom. The molecule has 3 N–H and O–H groups in total. The molecule has 0 aromatic heterocycles. The molecular formula is C14H19ClN2O3. The Morgan fingerprint density at radius 1 is 1.35 bits per heavy atom. The largest absolute Gasteiger partial charge is 0.493 e. The minimum atomic E-state index is -0.285. The lowest BCUT2D eigenvalue weighted by molar-refractivity contribution is 0.118. The molecule has 1 aliphatic rings. The molecule has 110 valence electrons. The third-order valence-corrected chi connectivity index (χ3v) is 3.75. The fourth-order valence-corrected chi connectivity index (χ4v) is 2.63. The molecule has 2 amide bonds. The summed E-state index contributed by atoms with van der Waals surface area (Å²) in [5, 5.41) is 15.5. The number of carbonyl (C=O) groups excluding carboxylic acids is 1. The van der Waals surface area contributed by atoms with Gasteiger partial charge < -0.3 is 20.5 Å². The Bertz CT molecular complexity index is 473. The van der Waals surface area contributed by atoms with Crippen molar-refractivity contribution in [2.24, 2.45) is 0 Å². The number of halogens is 1. The molecule has 0 saturated heterocycles. The Kier molecular flexibility index (Phi) is 5.09. The molecule has 0 heterocycles. The topological polar surface area (TPSA) is 70.6 Å². The molecule has 0 bridgehead atoms. The number of hydrogen-bond acceptors (Lipinski definition) is 3. The highest BCUT2D eigenvalue weighted by atomic mass is 35.5. The summed E-state index contributed by atoms with van der Waals surface area (Å²) in [5.41, 5.74) is 0.536. The summed E-state index contributed by atoms with van der Waals surface area (Å²) >= 11 is 6.00. The monoisotopic (exact) mass is 298 g/mol. The maximum Gasteiger partial charge on any atom is 0.319 e.